The summed E-state index contributed by atoms with van der Waals surface area (Å²) >= 11 is 0. The van der Waals surface area contributed by atoms with E-state index in [0.29, 0.717) is 0 Å². The molecule has 0 bridgehead atoms. The smallest absolute Gasteiger partial charge is 0.236 e. The van der Waals surface area contributed by atoms with Crippen LogP contribution in [0.4, 0.5) is 5.69 Å². The molecule has 1 N–H and O–H groups in total. The van der Waals surface area contributed by atoms with E-state index in [1.807, 2.05) is 55.3 Å². The molecular formula is C9H13N2+. The minimum Gasteiger partial charge on any atom is -0.273 e. The first-order chi connectivity index (χ1) is 5.29. The predicted molar refractivity (Wildman–Crippen MR) is 48.2 cm³/mol. The van der Waals surface area contributed by atoms with Crippen LogP contribution in [0, 0.1) is 0 Å². The van der Waals surface area contributed by atoms with E-state index in [2.05, 4.69) is 5.32 Å². The lowest BCUT2D eigenvalue weighted by Crippen LogP contribution is -2.06. The molecule has 0 heterocycles. The summed E-state index contributed by atoms with van der Waals surface area (Å²) in [6, 6.07) is 10.1. The average molecular weight is 149 g/mol. The number of nitrogens with one attached hydrogen (secondary N) is 1. The molecule has 1 aromatic rings. The van der Waals surface area contributed by atoms with Crippen molar-refractivity contribution < 1.29 is 4.58 Å². The van der Waals surface area contributed by atoms with E-state index >= 15 is 0 Å². The monoisotopic (exact) mass is 149 g/mol. The third-order valence-corrected chi connectivity index (χ3v) is 1.26. The van der Waals surface area contributed by atoms with Gasteiger partial charge in [-0.3, -0.25) is 4.58 Å². The highest BCUT2D eigenvalue weighted by atomic mass is 15.0. The number of nitrogens with zero attached hydrogens (tertiary/aromatic N) is 1. The highest BCUT2D eigenvalue weighted by molar-refractivity contribution is 5.71. The second-order valence-electron chi connectivity index (χ2n) is 2.60. The van der Waals surface area contributed by atoms with E-state index in [1.165, 1.54) is 0 Å². The highest BCUT2D eigenvalue weighted by Crippen LogP contribution is 2.02. The molecule has 0 aliphatic rings. The minimum absolute atomic E-state index is 1.11. The van der Waals surface area contributed by atoms with Gasteiger partial charge in [-0.15, -0.1) is 0 Å². The number of para-hydroxylation sites is 1. The van der Waals surface area contributed by atoms with Gasteiger partial charge in [-0.1, -0.05) is 18.2 Å². The maximum atomic E-state index is 3.14. The van der Waals surface area contributed by atoms with Crippen LogP contribution in [0.5, 0.6) is 0 Å². The first-order valence-electron chi connectivity index (χ1n) is 3.60. The number of hydrogen-bond donors (Lipinski definition) is 1. The van der Waals surface area contributed by atoms with Gasteiger partial charge in [0, 0.05) is 0 Å². The highest BCUT2D eigenvalue weighted by Gasteiger charge is 1.89. The first kappa shape index (κ1) is 7.79. The minimum atomic E-state index is 1.11. The zero-order chi connectivity index (χ0) is 8.10. The van der Waals surface area contributed by atoms with E-state index in [0.717, 1.165) is 5.69 Å². The summed E-state index contributed by atoms with van der Waals surface area (Å²) in [5, 5.41) is 3.14. The van der Waals surface area contributed by atoms with E-state index in [4.69, 9.17) is 0 Å². The van der Waals surface area contributed by atoms with Crippen LogP contribution in [0.15, 0.2) is 30.3 Å². The maximum Gasteiger partial charge on any atom is 0.236 e. The van der Waals surface area contributed by atoms with Crippen molar-refractivity contribution in [1.29, 1.82) is 0 Å². The van der Waals surface area contributed by atoms with E-state index in [-0.39, 0.29) is 0 Å². The summed E-state index contributed by atoms with van der Waals surface area (Å²) in [7, 11) is 3.96. The lowest BCUT2D eigenvalue weighted by molar-refractivity contribution is -0.459. The number of hydrogen-bond acceptors (Lipinski definition) is 0. The lowest BCUT2D eigenvalue weighted by atomic mass is 10.3. The standard InChI is InChI=1S/C9H12N2/c1-11(2)8-10-9-6-4-3-5-7-9/h3-8H,1-2H3/p+1. The molecule has 0 aromatic heterocycles. The van der Waals surface area contributed by atoms with Crippen LogP contribution in [0.1, 0.15) is 0 Å². The Morgan fingerprint density at radius 3 is 2.36 bits per heavy atom. The Bertz CT molecular complexity index is 235. The molecule has 0 atom stereocenters. The summed E-state index contributed by atoms with van der Waals surface area (Å²) in [5.74, 6) is 0. The van der Waals surface area contributed by atoms with E-state index in [9.17, 15) is 0 Å². The SMILES string of the molecule is C[N+](C)=CNc1ccccc1. The van der Waals surface area contributed by atoms with Gasteiger partial charge in [-0.2, -0.15) is 0 Å². The van der Waals surface area contributed by atoms with Crippen molar-refractivity contribution >= 4 is 12.0 Å². The fraction of sp³-hybridized carbons (Fsp3) is 0.222. The summed E-state index contributed by atoms with van der Waals surface area (Å²) in [6.07, 6.45) is 1.91. The van der Waals surface area contributed by atoms with Crippen LogP contribution in [0.25, 0.3) is 0 Å². The van der Waals surface area contributed by atoms with Crippen molar-refractivity contribution in [2.24, 2.45) is 0 Å². The Balaban J connectivity index is 2.59. The molecule has 58 valence electrons. The summed E-state index contributed by atoms with van der Waals surface area (Å²) in [6.45, 7) is 0. The van der Waals surface area contributed by atoms with Crippen molar-refractivity contribution in [3.63, 3.8) is 0 Å². The molecule has 0 unspecified atom stereocenters. The molecule has 1 aromatic carbocycles. The van der Waals surface area contributed by atoms with Crippen LogP contribution in [-0.4, -0.2) is 25.0 Å². The first-order valence-corrected chi connectivity index (χ1v) is 3.60. The fourth-order valence-electron chi connectivity index (χ4n) is 0.738. The van der Waals surface area contributed by atoms with Crippen molar-refractivity contribution in [1.82, 2.24) is 0 Å². The molecule has 0 saturated carbocycles. The predicted octanol–water partition coefficient (Wildman–Crippen LogP) is 1.40. The number of rotatable bonds is 2. The maximum absolute atomic E-state index is 3.14. The Morgan fingerprint density at radius 2 is 1.82 bits per heavy atom. The van der Waals surface area contributed by atoms with Crippen LogP contribution in [0.3, 0.4) is 0 Å². The molecule has 0 aliphatic heterocycles. The molecule has 11 heavy (non-hydrogen) atoms. The molecule has 0 amide bonds. The third kappa shape index (κ3) is 2.85. The third-order valence-electron chi connectivity index (χ3n) is 1.26. The molecule has 2 nitrogen and oxygen atoms in total. The zero-order valence-corrected chi connectivity index (χ0v) is 6.91. The lowest BCUT2D eigenvalue weighted by Gasteiger charge is -1.92. The van der Waals surface area contributed by atoms with Crippen molar-refractivity contribution in [3.8, 4) is 0 Å². The quantitative estimate of drug-likeness (QED) is 0.381. The van der Waals surface area contributed by atoms with Gasteiger partial charge in [0.1, 0.15) is 5.69 Å². The van der Waals surface area contributed by atoms with Crippen LogP contribution < -0.4 is 5.32 Å². The zero-order valence-electron chi connectivity index (χ0n) is 6.91. The summed E-state index contributed by atoms with van der Waals surface area (Å²) < 4.78 is 1.97. The molecule has 0 spiro atoms. The average Bonchev–Trinajstić information content (AvgIpc) is 2.03. The number of anilines is 1. The summed E-state index contributed by atoms with van der Waals surface area (Å²) in [5.41, 5.74) is 1.11. The summed E-state index contributed by atoms with van der Waals surface area (Å²) in [4.78, 5) is 0. The Hall–Kier alpha value is -1.31. The molecule has 0 radical (unpaired) electrons. The molecule has 0 aliphatic carbocycles. The van der Waals surface area contributed by atoms with Gasteiger partial charge in [-0.25, -0.2) is 5.32 Å². The van der Waals surface area contributed by atoms with Crippen molar-refractivity contribution in [2.75, 3.05) is 19.4 Å². The normalized spacial score (nSPS) is 8.91. The molecule has 0 saturated heterocycles. The van der Waals surface area contributed by atoms with Crippen LogP contribution in [-0.2, 0) is 0 Å². The van der Waals surface area contributed by atoms with Gasteiger partial charge in [0.2, 0.25) is 6.34 Å². The van der Waals surface area contributed by atoms with E-state index in [1.54, 1.807) is 0 Å². The topological polar surface area (TPSA) is 15.0 Å². The van der Waals surface area contributed by atoms with Gasteiger partial charge >= 0.3 is 0 Å². The number of benzene rings is 1. The molecule has 1 rings (SSSR count). The Kier molecular flexibility index (Phi) is 2.66. The second-order valence-corrected chi connectivity index (χ2v) is 2.60. The van der Waals surface area contributed by atoms with Gasteiger partial charge in [0.25, 0.3) is 0 Å². The van der Waals surface area contributed by atoms with Crippen LogP contribution >= 0.6 is 0 Å². The van der Waals surface area contributed by atoms with Crippen LogP contribution in [0.2, 0.25) is 0 Å². The Labute approximate surface area is 67.2 Å². The molecule has 2 heteroatoms. The Morgan fingerprint density at radius 1 is 1.18 bits per heavy atom. The van der Waals surface area contributed by atoms with Gasteiger partial charge < -0.3 is 0 Å². The van der Waals surface area contributed by atoms with Gasteiger partial charge in [0.15, 0.2) is 0 Å². The van der Waals surface area contributed by atoms with Crippen molar-refractivity contribution in [3.05, 3.63) is 30.3 Å². The largest absolute Gasteiger partial charge is 0.273 e. The van der Waals surface area contributed by atoms with Gasteiger partial charge in [0.05, 0.1) is 14.1 Å². The second kappa shape index (κ2) is 3.76. The van der Waals surface area contributed by atoms with Crippen molar-refractivity contribution in [2.45, 2.75) is 0 Å². The van der Waals surface area contributed by atoms with E-state index < -0.39 is 0 Å². The molecule has 0 fully saturated rings. The molecular weight excluding hydrogens is 136 g/mol. The van der Waals surface area contributed by atoms with Gasteiger partial charge in [-0.05, 0) is 12.1 Å². The fourth-order valence-corrected chi connectivity index (χ4v) is 0.738.